The summed E-state index contributed by atoms with van der Waals surface area (Å²) in [5.74, 6) is 1.86. The molecule has 1 rings (SSSR count). The normalized spacial score (nSPS) is 12.2. The number of halogens is 1. The van der Waals surface area contributed by atoms with Crippen molar-refractivity contribution in [1.82, 2.24) is 5.32 Å². The van der Waals surface area contributed by atoms with Crippen molar-refractivity contribution in [3.8, 4) is 0 Å². The van der Waals surface area contributed by atoms with Gasteiger partial charge in [-0.1, -0.05) is 11.6 Å². The molecule has 0 aliphatic rings. The van der Waals surface area contributed by atoms with Crippen LogP contribution in [0.2, 0.25) is 5.02 Å². The van der Waals surface area contributed by atoms with Crippen LogP contribution in [0, 0.1) is 0 Å². The summed E-state index contributed by atoms with van der Waals surface area (Å²) in [5, 5.41) is 12.1. The lowest BCUT2D eigenvalue weighted by molar-refractivity contribution is -0.120. The third-order valence-corrected chi connectivity index (χ3v) is 4.92. The molecule has 3 nitrogen and oxygen atoms in total. The minimum absolute atomic E-state index is 0.0488. The quantitative estimate of drug-likeness (QED) is 0.538. The van der Waals surface area contributed by atoms with Crippen LogP contribution in [0.25, 0.3) is 0 Å². The highest BCUT2D eigenvalue weighted by atomic mass is 35.5. The number of amides is 1. The van der Waals surface area contributed by atoms with Gasteiger partial charge in [-0.15, -0.1) is 11.8 Å². The van der Waals surface area contributed by atoms with Crippen molar-refractivity contribution in [1.29, 1.82) is 0 Å². The van der Waals surface area contributed by atoms with E-state index in [1.807, 2.05) is 31.2 Å². The van der Waals surface area contributed by atoms with Crippen LogP contribution >= 0.6 is 35.1 Å². The van der Waals surface area contributed by atoms with E-state index in [2.05, 4.69) is 5.32 Å². The third-order valence-electron chi connectivity index (χ3n) is 2.49. The highest BCUT2D eigenvalue weighted by molar-refractivity contribution is 8.00. The van der Waals surface area contributed by atoms with E-state index in [9.17, 15) is 4.79 Å². The molecule has 0 aromatic heterocycles. The van der Waals surface area contributed by atoms with E-state index in [-0.39, 0.29) is 17.8 Å². The fraction of sp³-hybridized carbons (Fsp3) is 0.500. The smallest absolute Gasteiger partial charge is 0.233 e. The van der Waals surface area contributed by atoms with Crippen LogP contribution in [0.4, 0.5) is 0 Å². The van der Waals surface area contributed by atoms with Crippen molar-refractivity contribution in [3.05, 3.63) is 29.3 Å². The number of carbonyl (C=O) groups excluding carboxylic acids is 1. The fourth-order valence-electron chi connectivity index (χ4n) is 1.43. The molecule has 0 bridgehead atoms. The highest BCUT2D eigenvalue weighted by Crippen LogP contribution is 2.24. The van der Waals surface area contributed by atoms with E-state index >= 15 is 0 Å². The van der Waals surface area contributed by atoms with Crippen molar-refractivity contribution in [2.24, 2.45) is 0 Å². The van der Waals surface area contributed by atoms with Crippen molar-refractivity contribution in [2.75, 3.05) is 24.7 Å². The van der Waals surface area contributed by atoms with Crippen LogP contribution < -0.4 is 5.32 Å². The zero-order valence-electron chi connectivity index (χ0n) is 11.5. The van der Waals surface area contributed by atoms with Crippen LogP contribution in [0.5, 0.6) is 0 Å². The molecule has 0 radical (unpaired) electrons. The summed E-state index contributed by atoms with van der Waals surface area (Å²) < 4.78 is 0. The van der Waals surface area contributed by atoms with Crippen LogP contribution in [0.1, 0.15) is 13.3 Å². The first-order chi connectivity index (χ1) is 9.63. The van der Waals surface area contributed by atoms with Gasteiger partial charge in [0.25, 0.3) is 0 Å². The van der Waals surface area contributed by atoms with Gasteiger partial charge >= 0.3 is 0 Å². The van der Waals surface area contributed by atoms with Crippen molar-refractivity contribution >= 4 is 41.0 Å². The van der Waals surface area contributed by atoms with Gasteiger partial charge in [0.05, 0.1) is 5.25 Å². The van der Waals surface area contributed by atoms with Crippen LogP contribution in [-0.4, -0.2) is 40.9 Å². The number of carbonyl (C=O) groups is 1. The largest absolute Gasteiger partial charge is 0.396 e. The molecule has 0 aliphatic heterocycles. The Balaban J connectivity index is 2.20. The zero-order chi connectivity index (χ0) is 14.8. The van der Waals surface area contributed by atoms with Gasteiger partial charge < -0.3 is 10.4 Å². The van der Waals surface area contributed by atoms with Gasteiger partial charge in [0.15, 0.2) is 0 Å². The lowest BCUT2D eigenvalue weighted by Gasteiger charge is -2.12. The highest BCUT2D eigenvalue weighted by Gasteiger charge is 2.13. The standard InChI is InChI=1S/C14H20ClNO2S2/c1-11(20-13-5-3-12(15)4-6-13)14(18)16-7-10-19-9-2-8-17/h3-6,11,17H,2,7-10H2,1H3,(H,16,18). The lowest BCUT2D eigenvalue weighted by Crippen LogP contribution is -2.32. The second kappa shape index (κ2) is 10.4. The molecule has 0 spiro atoms. The molecule has 0 saturated heterocycles. The molecule has 2 N–H and O–H groups in total. The van der Waals surface area contributed by atoms with E-state index in [0.29, 0.717) is 11.6 Å². The minimum Gasteiger partial charge on any atom is -0.396 e. The summed E-state index contributed by atoms with van der Waals surface area (Å²) in [5.41, 5.74) is 0. The second-order valence-corrected chi connectivity index (χ2v) is 7.27. The number of rotatable bonds is 9. The van der Waals surface area contributed by atoms with Crippen molar-refractivity contribution < 1.29 is 9.90 Å². The maximum absolute atomic E-state index is 11.9. The summed E-state index contributed by atoms with van der Waals surface area (Å²) in [6, 6.07) is 7.49. The van der Waals surface area contributed by atoms with Gasteiger partial charge in [-0.2, -0.15) is 11.8 Å². The third kappa shape index (κ3) is 7.43. The summed E-state index contributed by atoms with van der Waals surface area (Å²) in [7, 11) is 0. The number of benzene rings is 1. The van der Waals surface area contributed by atoms with E-state index in [1.54, 1.807) is 11.8 Å². The summed E-state index contributed by atoms with van der Waals surface area (Å²) in [6.45, 7) is 2.79. The predicted octanol–water partition coefficient (Wildman–Crippen LogP) is 3.05. The number of hydrogen-bond donors (Lipinski definition) is 2. The van der Waals surface area contributed by atoms with Crippen LogP contribution in [-0.2, 0) is 4.79 Å². The Hall–Kier alpha value is -0.360. The molecule has 1 aromatic carbocycles. The Morgan fingerprint density at radius 2 is 2.05 bits per heavy atom. The Kier molecular flexibility index (Phi) is 9.18. The zero-order valence-corrected chi connectivity index (χ0v) is 13.9. The number of nitrogens with one attached hydrogen (secondary N) is 1. The number of thioether (sulfide) groups is 2. The molecule has 0 saturated carbocycles. The number of aliphatic hydroxyl groups is 1. The maximum atomic E-state index is 11.9. The Morgan fingerprint density at radius 1 is 1.35 bits per heavy atom. The van der Waals surface area contributed by atoms with E-state index in [1.165, 1.54) is 11.8 Å². The number of hydrogen-bond acceptors (Lipinski definition) is 4. The molecule has 1 unspecified atom stereocenters. The predicted molar refractivity (Wildman–Crippen MR) is 88.8 cm³/mol. The topological polar surface area (TPSA) is 49.3 Å². The average molecular weight is 334 g/mol. The summed E-state index contributed by atoms with van der Waals surface area (Å²) in [4.78, 5) is 12.9. The number of aliphatic hydroxyl groups excluding tert-OH is 1. The van der Waals surface area contributed by atoms with Gasteiger partial charge in [-0.25, -0.2) is 0 Å². The van der Waals surface area contributed by atoms with E-state index < -0.39 is 0 Å². The first-order valence-corrected chi connectivity index (χ1v) is 8.93. The van der Waals surface area contributed by atoms with Gasteiger partial charge in [0, 0.05) is 28.8 Å². The maximum Gasteiger partial charge on any atom is 0.233 e. The molecular formula is C14H20ClNO2S2. The average Bonchev–Trinajstić information content (AvgIpc) is 2.45. The fourth-order valence-corrected chi connectivity index (χ4v) is 3.23. The molecule has 0 aliphatic carbocycles. The molecule has 0 fully saturated rings. The van der Waals surface area contributed by atoms with Gasteiger partial charge in [0.1, 0.15) is 0 Å². The summed E-state index contributed by atoms with van der Waals surface area (Å²) in [6.07, 6.45) is 0.807. The SMILES string of the molecule is CC(Sc1ccc(Cl)cc1)C(=O)NCCSCCCO. The second-order valence-electron chi connectivity index (χ2n) is 4.19. The molecule has 20 heavy (non-hydrogen) atoms. The minimum atomic E-state index is -0.126. The van der Waals surface area contributed by atoms with Crippen molar-refractivity contribution in [3.63, 3.8) is 0 Å². The Bertz CT molecular complexity index is 401. The molecule has 6 heteroatoms. The molecule has 0 heterocycles. The molecule has 1 atom stereocenters. The Morgan fingerprint density at radius 3 is 2.70 bits per heavy atom. The van der Waals surface area contributed by atoms with Crippen LogP contribution in [0.3, 0.4) is 0 Å². The first kappa shape index (κ1) is 17.7. The Labute approximate surface area is 133 Å². The van der Waals surface area contributed by atoms with Gasteiger partial charge in [0.2, 0.25) is 5.91 Å². The van der Waals surface area contributed by atoms with Gasteiger partial charge in [-0.05, 0) is 43.4 Å². The summed E-state index contributed by atoms with van der Waals surface area (Å²) >= 11 is 9.09. The monoisotopic (exact) mass is 333 g/mol. The van der Waals surface area contributed by atoms with Crippen LogP contribution in [0.15, 0.2) is 29.2 Å². The molecule has 1 aromatic rings. The molecule has 112 valence electrons. The molecule has 1 amide bonds. The lowest BCUT2D eigenvalue weighted by atomic mass is 10.4. The molecular weight excluding hydrogens is 314 g/mol. The van der Waals surface area contributed by atoms with E-state index in [0.717, 1.165) is 22.8 Å². The van der Waals surface area contributed by atoms with Crippen molar-refractivity contribution in [2.45, 2.75) is 23.5 Å². The first-order valence-electron chi connectivity index (χ1n) is 6.52. The van der Waals surface area contributed by atoms with Gasteiger partial charge in [-0.3, -0.25) is 4.79 Å². The van der Waals surface area contributed by atoms with E-state index in [4.69, 9.17) is 16.7 Å².